The standard InChI is InChI=1S/C22H25ClFN3O5/c1-2-13-9-17(32-27-13)20(30)26-21-5-7-22(8-6-21,18(28)11-21)25-19(29)12-31-14-3-4-15(23)16(24)10-14/h3-4,9-10,18,28H,2,5-8,11-12H2,1H3,(H,25,29)(H,26,30). The highest BCUT2D eigenvalue weighted by molar-refractivity contribution is 6.30. The van der Waals surface area contributed by atoms with Gasteiger partial charge in [-0.05, 0) is 50.7 Å². The van der Waals surface area contributed by atoms with E-state index in [1.54, 1.807) is 6.07 Å². The van der Waals surface area contributed by atoms with Crippen molar-refractivity contribution in [2.75, 3.05) is 6.61 Å². The number of nitrogens with one attached hydrogen (secondary N) is 2. The smallest absolute Gasteiger partial charge is 0.290 e. The highest BCUT2D eigenvalue weighted by Crippen LogP contribution is 2.47. The van der Waals surface area contributed by atoms with Gasteiger partial charge >= 0.3 is 0 Å². The van der Waals surface area contributed by atoms with Crippen LogP contribution in [0.3, 0.4) is 0 Å². The Balaban J connectivity index is 1.34. The number of carbonyl (C=O) groups is 2. The highest BCUT2D eigenvalue weighted by Gasteiger charge is 2.55. The third kappa shape index (κ3) is 4.45. The average molecular weight is 466 g/mol. The molecule has 3 saturated carbocycles. The van der Waals surface area contributed by atoms with Gasteiger partial charge < -0.3 is 25.0 Å². The van der Waals surface area contributed by atoms with Crippen LogP contribution in [-0.4, -0.2) is 45.9 Å². The number of hydrogen-bond acceptors (Lipinski definition) is 6. The van der Waals surface area contributed by atoms with Gasteiger partial charge in [-0.3, -0.25) is 9.59 Å². The third-order valence-corrected chi connectivity index (χ3v) is 6.80. The van der Waals surface area contributed by atoms with Gasteiger partial charge in [0.1, 0.15) is 11.6 Å². The number of fused-ring (bicyclic) bond motifs is 3. The first kappa shape index (κ1) is 22.5. The summed E-state index contributed by atoms with van der Waals surface area (Å²) in [5.74, 6) is -1.06. The Labute approximate surface area is 189 Å². The molecule has 0 spiro atoms. The number of aliphatic hydroxyl groups is 1. The summed E-state index contributed by atoms with van der Waals surface area (Å²) in [7, 11) is 0. The summed E-state index contributed by atoms with van der Waals surface area (Å²) in [6.45, 7) is 1.60. The lowest BCUT2D eigenvalue weighted by molar-refractivity contribution is -0.132. The van der Waals surface area contributed by atoms with Crippen LogP contribution in [0, 0.1) is 5.82 Å². The fourth-order valence-electron chi connectivity index (χ4n) is 4.58. The van der Waals surface area contributed by atoms with Gasteiger partial charge in [0.05, 0.1) is 22.4 Å². The molecule has 0 aliphatic heterocycles. The van der Waals surface area contributed by atoms with Gasteiger partial charge in [-0.1, -0.05) is 23.7 Å². The van der Waals surface area contributed by atoms with E-state index in [4.69, 9.17) is 20.9 Å². The van der Waals surface area contributed by atoms with E-state index in [0.29, 0.717) is 44.2 Å². The van der Waals surface area contributed by atoms with Crippen molar-refractivity contribution >= 4 is 23.4 Å². The first-order valence-corrected chi connectivity index (χ1v) is 11.0. The molecule has 3 aliphatic rings. The summed E-state index contributed by atoms with van der Waals surface area (Å²) in [4.78, 5) is 25.1. The van der Waals surface area contributed by atoms with Gasteiger partial charge in [0, 0.05) is 17.7 Å². The quantitative estimate of drug-likeness (QED) is 0.579. The van der Waals surface area contributed by atoms with Gasteiger partial charge in [0.15, 0.2) is 6.61 Å². The van der Waals surface area contributed by atoms with Gasteiger partial charge in [0.25, 0.3) is 11.8 Å². The number of carbonyl (C=O) groups excluding carboxylic acids is 2. The van der Waals surface area contributed by atoms with Crippen molar-refractivity contribution < 1.29 is 28.3 Å². The molecule has 1 unspecified atom stereocenters. The number of halogens is 2. The summed E-state index contributed by atoms with van der Waals surface area (Å²) in [5, 5.41) is 20.6. The Morgan fingerprint density at radius 3 is 2.66 bits per heavy atom. The zero-order valence-electron chi connectivity index (χ0n) is 17.6. The van der Waals surface area contributed by atoms with Gasteiger partial charge in [-0.15, -0.1) is 0 Å². The SMILES string of the molecule is CCc1cc(C(=O)NC23CCC(NC(=O)COc4ccc(Cl)c(F)c4)(CC2)C(O)C3)on1. The van der Waals surface area contributed by atoms with Crippen molar-refractivity contribution in [3.63, 3.8) is 0 Å². The monoisotopic (exact) mass is 465 g/mol. The molecule has 1 heterocycles. The number of ether oxygens (including phenoxy) is 1. The first-order valence-electron chi connectivity index (χ1n) is 10.6. The number of benzene rings is 1. The minimum absolute atomic E-state index is 0.0297. The lowest BCUT2D eigenvalue weighted by atomic mass is 9.60. The van der Waals surface area contributed by atoms with Gasteiger partial charge in [-0.2, -0.15) is 0 Å². The molecule has 8 nitrogen and oxygen atoms in total. The Morgan fingerprint density at radius 2 is 2.03 bits per heavy atom. The molecule has 2 amide bonds. The summed E-state index contributed by atoms with van der Waals surface area (Å²) < 4.78 is 24.0. The van der Waals surface area contributed by atoms with Crippen LogP contribution < -0.4 is 15.4 Å². The topological polar surface area (TPSA) is 114 Å². The fourth-order valence-corrected chi connectivity index (χ4v) is 4.70. The molecule has 3 aliphatic carbocycles. The molecule has 2 bridgehead atoms. The number of aryl methyl sites for hydroxylation is 1. The number of aliphatic hydroxyl groups excluding tert-OH is 1. The van der Waals surface area contributed by atoms with E-state index in [-0.39, 0.29) is 29.0 Å². The second-order valence-electron chi connectivity index (χ2n) is 8.56. The molecule has 32 heavy (non-hydrogen) atoms. The van der Waals surface area contributed by atoms with Crippen LogP contribution in [-0.2, 0) is 11.2 Å². The van der Waals surface area contributed by atoms with E-state index in [2.05, 4.69) is 15.8 Å². The summed E-state index contributed by atoms with van der Waals surface area (Å²) in [6.07, 6.45) is 2.38. The van der Waals surface area contributed by atoms with Crippen LogP contribution in [0.25, 0.3) is 0 Å². The molecule has 3 N–H and O–H groups in total. The lowest BCUT2D eigenvalue weighted by Crippen LogP contribution is -2.70. The van der Waals surface area contributed by atoms with E-state index < -0.39 is 28.9 Å². The van der Waals surface area contributed by atoms with Crippen LogP contribution in [0.2, 0.25) is 5.02 Å². The number of hydrogen-bond donors (Lipinski definition) is 3. The summed E-state index contributed by atoms with van der Waals surface area (Å²) in [6, 6.07) is 5.55. The molecule has 0 saturated heterocycles. The molecule has 3 fully saturated rings. The largest absolute Gasteiger partial charge is 0.484 e. The Hall–Kier alpha value is -2.65. The zero-order chi connectivity index (χ0) is 22.9. The molecule has 1 aromatic heterocycles. The molecule has 1 aromatic carbocycles. The number of amides is 2. The van der Waals surface area contributed by atoms with Crippen LogP contribution in [0.1, 0.15) is 55.3 Å². The maximum Gasteiger partial charge on any atom is 0.290 e. The van der Waals surface area contributed by atoms with E-state index in [1.807, 2.05) is 6.92 Å². The summed E-state index contributed by atoms with van der Waals surface area (Å²) >= 11 is 5.64. The molecule has 2 aromatic rings. The van der Waals surface area contributed by atoms with Crippen molar-refractivity contribution in [3.05, 3.63) is 46.6 Å². The minimum Gasteiger partial charge on any atom is -0.484 e. The third-order valence-electron chi connectivity index (χ3n) is 6.49. The highest BCUT2D eigenvalue weighted by atomic mass is 35.5. The van der Waals surface area contributed by atoms with Crippen molar-refractivity contribution in [1.29, 1.82) is 0 Å². The van der Waals surface area contributed by atoms with Crippen molar-refractivity contribution in [3.8, 4) is 5.75 Å². The Kier molecular flexibility index (Phi) is 6.13. The molecule has 10 heteroatoms. The molecular formula is C22H25ClFN3O5. The van der Waals surface area contributed by atoms with Gasteiger partial charge in [0.2, 0.25) is 5.76 Å². The maximum absolute atomic E-state index is 13.5. The number of nitrogens with zero attached hydrogens (tertiary/aromatic N) is 1. The van der Waals surface area contributed by atoms with Crippen LogP contribution in [0.4, 0.5) is 4.39 Å². The van der Waals surface area contributed by atoms with Crippen LogP contribution in [0.5, 0.6) is 5.75 Å². The second kappa shape index (κ2) is 8.71. The normalized spacial score (nSPS) is 26.6. The predicted octanol–water partition coefficient (Wildman–Crippen LogP) is 2.77. The fraction of sp³-hybridized carbons (Fsp3) is 0.500. The molecular weight excluding hydrogens is 441 g/mol. The van der Waals surface area contributed by atoms with E-state index in [1.165, 1.54) is 12.1 Å². The summed E-state index contributed by atoms with van der Waals surface area (Å²) in [5.41, 5.74) is -0.635. The van der Waals surface area contributed by atoms with Crippen LogP contribution >= 0.6 is 11.6 Å². The minimum atomic E-state index is -0.830. The number of aromatic nitrogens is 1. The zero-order valence-corrected chi connectivity index (χ0v) is 18.4. The second-order valence-corrected chi connectivity index (χ2v) is 8.97. The molecule has 0 radical (unpaired) electrons. The molecule has 1 atom stereocenters. The lowest BCUT2D eigenvalue weighted by Gasteiger charge is -2.56. The van der Waals surface area contributed by atoms with E-state index in [9.17, 15) is 19.1 Å². The maximum atomic E-state index is 13.5. The van der Waals surface area contributed by atoms with E-state index >= 15 is 0 Å². The van der Waals surface area contributed by atoms with Crippen molar-refractivity contribution in [2.24, 2.45) is 0 Å². The molecule has 5 rings (SSSR count). The molecule has 172 valence electrons. The first-order chi connectivity index (χ1) is 15.2. The Morgan fingerprint density at radius 1 is 1.28 bits per heavy atom. The van der Waals surface area contributed by atoms with Crippen molar-refractivity contribution in [2.45, 2.75) is 62.6 Å². The number of rotatable bonds is 7. The predicted molar refractivity (Wildman–Crippen MR) is 113 cm³/mol. The van der Waals surface area contributed by atoms with Gasteiger partial charge in [-0.25, -0.2) is 4.39 Å². The van der Waals surface area contributed by atoms with Crippen molar-refractivity contribution in [1.82, 2.24) is 15.8 Å². The Bertz CT molecular complexity index is 1020. The van der Waals surface area contributed by atoms with Crippen LogP contribution in [0.15, 0.2) is 28.8 Å². The average Bonchev–Trinajstić information content (AvgIpc) is 3.25. The van der Waals surface area contributed by atoms with E-state index in [0.717, 1.165) is 6.07 Å².